The second-order valence-corrected chi connectivity index (χ2v) is 8.74. The number of nitrogens with one attached hydrogen (secondary N) is 1. The third kappa shape index (κ3) is 15.2. The average molecular weight is 563 g/mol. The number of amides is 2. The zero-order valence-electron chi connectivity index (χ0n) is 25.0. The van der Waals surface area contributed by atoms with Crippen molar-refractivity contribution in [2.45, 2.75) is 66.4 Å². The number of pyridine rings is 1. The smallest absolute Gasteiger partial charge is 0.307 e. The van der Waals surface area contributed by atoms with E-state index in [1.165, 1.54) is 0 Å². The van der Waals surface area contributed by atoms with Crippen molar-refractivity contribution in [1.82, 2.24) is 15.2 Å². The van der Waals surface area contributed by atoms with Gasteiger partial charge in [-0.3, -0.25) is 14.4 Å². The summed E-state index contributed by atoms with van der Waals surface area (Å²) >= 11 is 0. The fraction of sp³-hybridized carbons (Fsp3) is 0.394. The van der Waals surface area contributed by atoms with E-state index in [0.717, 1.165) is 16.7 Å². The predicted molar refractivity (Wildman–Crippen MR) is 165 cm³/mol. The molecule has 0 atom stereocenters. The van der Waals surface area contributed by atoms with Crippen molar-refractivity contribution in [1.29, 1.82) is 0 Å². The molecular formula is C33H46N4O4. The third-order valence-corrected chi connectivity index (χ3v) is 5.80. The number of rotatable bonds is 14. The van der Waals surface area contributed by atoms with Crippen molar-refractivity contribution >= 4 is 23.6 Å². The highest BCUT2D eigenvalue weighted by Gasteiger charge is 2.17. The first-order valence-electron chi connectivity index (χ1n) is 14.5. The average Bonchev–Trinajstić information content (AvgIpc) is 3.01. The van der Waals surface area contributed by atoms with E-state index in [-0.39, 0.29) is 37.9 Å². The number of hydrogen-bond donors (Lipinski definition) is 2. The number of benzene rings is 2. The van der Waals surface area contributed by atoms with Gasteiger partial charge in [-0.1, -0.05) is 88.4 Å². The molecule has 3 rings (SSSR count). The summed E-state index contributed by atoms with van der Waals surface area (Å²) < 4.78 is 5.24. The van der Waals surface area contributed by atoms with Crippen LogP contribution in [-0.4, -0.2) is 47.3 Å². The summed E-state index contributed by atoms with van der Waals surface area (Å²) in [6.45, 7) is 8.71. The van der Waals surface area contributed by atoms with Gasteiger partial charge in [0.25, 0.3) is 0 Å². The summed E-state index contributed by atoms with van der Waals surface area (Å²) in [5.74, 6) is -0.332. The molecule has 3 N–H and O–H groups in total. The molecule has 8 heteroatoms. The first kappa shape index (κ1) is 34.8. The Labute approximate surface area is 245 Å². The molecule has 0 spiro atoms. The number of anilines is 1. The van der Waals surface area contributed by atoms with Crippen molar-refractivity contribution in [3.63, 3.8) is 0 Å². The number of aromatic nitrogens is 1. The molecule has 0 unspecified atom stereocenters. The van der Waals surface area contributed by atoms with Crippen LogP contribution in [0.5, 0.6) is 0 Å². The van der Waals surface area contributed by atoms with Gasteiger partial charge in [0, 0.05) is 25.7 Å². The molecule has 0 radical (unpaired) electrons. The van der Waals surface area contributed by atoms with Gasteiger partial charge in [0.2, 0.25) is 11.8 Å². The second kappa shape index (κ2) is 21.6. The Morgan fingerprint density at radius 2 is 1.46 bits per heavy atom. The molecule has 1 heterocycles. The quantitative estimate of drug-likeness (QED) is 0.256. The lowest BCUT2D eigenvalue weighted by Crippen LogP contribution is -2.42. The number of nitrogen functional groups attached to an aromatic ring is 1. The Balaban J connectivity index is 0.00000201. The lowest BCUT2D eigenvalue weighted by atomic mass is 10.1. The molecule has 0 bridgehead atoms. The van der Waals surface area contributed by atoms with E-state index in [4.69, 9.17) is 10.5 Å². The summed E-state index contributed by atoms with van der Waals surface area (Å²) in [6, 6.07) is 22.9. The van der Waals surface area contributed by atoms with Gasteiger partial charge in [0.15, 0.2) is 0 Å². The van der Waals surface area contributed by atoms with E-state index in [0.29, 0.717) is 38.0 Å². The molecule has 0 aliphatic carbocycles. The van der Waals surface area contributed by atoms with Gasteiger partial charge in [-0.25, -0.2) is 4.98 Å². The van der Waals surface area contributed by atoms with Crippen LogP contribution >= 0.6 is 0 Å². The van der Waals surface area contributed by atoms with Crippen molar-refractivity contribution in [2.24, 2.45) is 0 Å². The molecule has 222 valence electrons. The summed E-state index contributed by atoms with van der Waals surface area (Å²) in [5.41, 5.74) is 8.75. The highest BCUT2D eigenvalue weighted by Crippen LogP contribution is 2.10. The van der Waals surface area contributed by atoms with Gasteiger partial charge in [-0.2, -0.15) is 0 Å². The number of carbonyl (C=O) groups excluding carboxylic acids is 3. The zero-order chi connectivity index (χ0) is 30.3. The number of nitrogens with two attached hydrogens (primary N) is 1. The van der Waals surface area contributed by atoms with E-state index in [1.54, 1.807) is 17.2 Å². The zero-order valence-corrected chi connectivity index (χ0v) is 25.0. The number of aryl methyl sites for hydroxylation is 1. The Hall–Kier alpha value is -4.20. The molecule has 3 aromatic rings. The minimum Gasteiger partial charge on any atom is -0.461 e. The van der Waals surface area contributed by atoms with Crippen LogP contribution in [0.1, 0.15) is 63.6 Å². The van der Waals surface area contributed by atoms with Crippen LogP contribution in [0.2, 0.25) is 0 Å². The van der Waals surface area contributed by atoms with Crippen molar-refractivity contribution < 1.29 is 19.1 Å². The molecule has 41 heavy (non-hydrogen) atoms. The monoisotopic (exact) mass is 562 g/mol. The van der Waals surface area contributed by atoms with E-state index >= 15 is 0 Å². The first-order chi connectivity index (χ1) is 20.0. The van der Waals surface area contributed by atoms with Gasteiger partial charge in [-0.05, 0) is 48.1 Å². The molecule has 0 saturated carbocycles. The summed E-state index contributed by atoms with van der Waals surface area (Å²) in [5, 5.41) is 2.73. The minimum absolute atomic E-state index is 0.0611. The predicted octanol–water partition coefficient (Wildman–Crippen LogP) is 5.36. The van der Waals surface area contributed by atoms with Crippen LogP contribution in [0.25, 0.3) is 0 Å². The standard InChI is InChI=1S/C29H34N4O4.2C2H6/c30-26-20-24(14-17-31-26)12-7-13-28(35)33(19-16-23-8-3-1-4-9-23)21-27(34)32-18-15-29(36)37-22-25-10-5-2-6-11-25;2*1-2/h1-6,8-11,14,17,20H,7,12-13,15-16,18-19,21-22H2,(H2,30,31)(H,32,34);2*1-2H3. The molecular weight excluding hydrogens is 516 g/mol. The Bertz CT molecular complexity index is 1140. The Morgan fingerprint density at radius 1 is 0.829 bits per heavy atom. The van der Waals surface area contributed by atoms with E-state index in [9.17, 15) is 14.4 Å². The number of ether oxygens (including phenoxy) is 1. The summed E-state index contributed by atoms with van der Waals surface area (Å²) in [6.07, 6.45) is 4.01. The molecule has 2 amide bonds. The largest absolute Gasteiger partial charge is 0.461 e. The minimum atomic E-state index is -0.391. The van der Waals surface area contributed by atoms with Gasteiger partial charge >= 0.3 is 5.97 Å². The number of esters is 1. The highest BCUT2D eigenvalue weighted by molar-refractivity contribution is 5.85. The lowest BCUT2D eigenvalue weighted by molar-refractivity contribution is -0.145. The molecule has 8 nitrogen and oxygen atoms in total. The van der Waals surface area contributed by atoms with Crippen LogP contribution < -0.4 is 11.1 Å². The van der Waals surface area contributed by atoms with Crippen LogP contribution in [-0.2, 0) is 38.6 Å². The van der Waals surface area contributed by atoms with Crippen molar-refractivity contribution in [3.8, 4) is 0 Å². The normalized spacial score (nSPS) is 9.76. The van der Waals surface area contributed by atoms with Crippen molar-refractivity contribution in [3.05, 3.63) is 95.7 Å². The fourth-order valence-electron chi connectivity index (χ4n) is 3.80. The molecule has 0 aliphatic rings. The highest BCUT2D eigenvalue weighted by atomic mass is 16.5. The topological polar surface area (TPSA) is 115 Å². The van der Waals surface area contributed by atoms with Gasteiger partial charge in [0.05, 0.1) is 13.0 Å². The number of nitrogens with zero attached hydrogens (tertiary/aromatic N) is 2. The molecule has 0 aliphatic heterocycles. The van der Waals surface area contributed by atoms with E-state index in [1.807, 2.05) is 94.4 Å². The van der Waals surface area contributed by atoms with Crippen molar-refractivity contribution in [2.75, 3.05) is 25.4 Å². The maximum atomic E-state index is 13.0. The molecule has 0 saturated heterocycles. The first-order valence-corrected chi connectivity index (χ1v) is 14.5. The molecule has 0 fully saturated rings. The van der Waals surface area contributed by atoms with Crippen LogP contribution in [0, 0.1) is 0 Å². The molecule has 2 aromatic carbocycles. The molecule has 1 aromatic heterocycles. The number of carbonyl (C=O) groups is 3. The van der Waals surface area contributed by atoms with E-state index in [2.05, 4.69) is 10.3 Å². The Kier molecular flexibility index (Phi) is 18.3. The maximum Gasteiger partial charge on any atom is 0.307 e. The Morgan fingerprint density at radius 3 is 2.10 bits per heavy atom. The third-order valence-electron chi connectivity index (χ3n) is 5.80. The van der Waals surface area contributed by atoms with Crippen LogP contribution in [0.3, 0.4) is 0 Å². The SMILES string of the molecule is CC.CC.Nc1cc(CCCC(=O)N(CCc2ccccc2)CC(=O)NCCC(=O)OCc2ccccc2)ccn1. The van der Waals surface area contributed by atoms with Crippen LogP contribution in [0.4, 0.5) is 5.82 Å². The number of hydrogen-bond acceptors (Lipinski definition) is 6. The van der Waals surface area contributed by atoms with Gasteiger partial charge in [-0.15, -0.1) is 0 Å². The summed E-state index contributed by atoms with van der Waals surface area (Å²) in [4.78, 5) is 43.1. The lowest BCUT2D eigenvalue weighted by Gasteiger charge is -2.22. The van der Waals surface area contributed by atoms with Crippen LogP contribution in [0.15, 0.2) is 79.0 Å². The maximum absolute atomic E-state index is 13.0. The summed E-state index contributed by atoms with van der Waals surface area (Å²) in [7, 11) is 0. The van der Waals surface area contributed by atoms with E-state index < -0.39 is 5.97 Å². The fourth-order valence-corrected chi connectivity index (χ4v) is 3.80. The van der Waals surface area contributed by atoms with Gasteiger partial charge < -0.3 is 20.7 Å². The second-order valence-electron chi connectivity index (χ2n) is 8.74. The van der Waals surface area contributed by atoms with Gasteiger partial charge in [0.1, 0.15) is 12.4 Å².